The molecule has 2 aromatic rings. The third kappa shape index (κ3) is 3.26. The third-order valence-electron chi connectivity index (χ3n) is 2.44. The molecule has 0 saturated heterocycles. The molecule has 0 aliphatic heterocycles. The molecule has 0 amide bonds. The molecule has 8 nitrogen and oxygen atoms in total. The van der Waals surface area contributed by atoms with Gasteiger partial charge in [0, 0.05) is 29.6 Å². The van der Waals surface area contributed by atoms with Crippen molar-refractivity contribution < 1.29 is 4.92 Å². The van der Waals surface area contributed by atoms with Crippen molar-refractivity contribution >= 4 is 29.0 Å². The Bertz CT molecular complexity index is 715. The number of aromatic amines is 1. The lowest BCUT2D eigenvalue weighted by molar-refractivity contribution is -0.384. The largest absolute Gasteiger partial charge is 0.398 e. The van der Waals surface area contributed by atoms with E-state index in [0.29, 0.717) is 22.2 Å². The van der Waals surface area contributed by atoms with E-state index in [1.807, 2.05) is 0 Å². The summed E-state index contributed by atoms with van der Waals surface area (Å²) < 4.78 is 0. The number of hydrogen-bond donors (Lipinski definition) is 3. The van der Waals surface area contributed by atoms with Crippen LogP contribution < -0.4 is 17.0 Å². The summed E-state index contributed by atoms with van der Waals surface area (Å²) in [4.78, 5) is 27.9. The molecule has 0 saturated carbocycles. The minimum atomic E-state index is -0.492. The van der Waals surface area contributed by atoms with Crippen molar-refractivity contribution in [3.63, 3.8) is 0 Å². The van der Waals surface area contributed by atoms with Crippen molar-refractivity contribution in [3.8, 4) is 0 Å². The van der Waals surface area contributed by atoms with Gasteiger partial charge in [0.25, 0.3) is 11.2 Å². The lowest BCUT2D eigenvalue weighted by Crippen LogP contribution is -2.09. The molecular formula is C11H11N5O3S. The van der Waals surface area contributed by atoms with Crippen molar-refractivity contribution in [2.75, 3.05) is 11.5 Å². The molecule has 1 aromatic heterocycles. The van der Waals surface area contributed by atoms with Crippen molar-refractivity contribution in [3.05, 3.63) is 50.3 Å². The first kappa shape index (κ1) is 13.9. The number of nitrogens with zero attached hydrogens (tertiary/aromatic N) is 2. The number of non-ortho nitro benzene ring substituents is 1. The second-order valence-electron chi connectivity index (χ2n) is 3.90. The van der Waals surface area contributed by atoms with Gasteiger partial charge in [-0.1, -0.05) is 11.8 Å². The third-order valence-corrected chi connectivity index (χ3v) is 3.36. The second kappa shape index (κ2) is 5.61. The number of H-pyrrole nitrogens is 1. The number of nitrogen functional groups attached to an aromatic ring is 2. The highest BCUT2D eigenvalue weighted by Crippen LogP contribution is 2.26. The van der Waals surface area contributed by atoms with Gasteiger partial charge in [0.1, 0.15) is 5.82 Å². The van der Waals surface area contributed by atoms with Crippen LogP contribution >= 0.6 is 11.8 Å². The Balaban J connectivity index is 2.20. The number of nitrogens with two attached hydrogens (primary N) is 2. The predicted octanol–water partition coefficient (Wildman–Crippen LogP) is 1.13. The van der Waals surface area contributed by atoms with Crippen LogP contribution in [0.5, 0.6) is 0 Å². The van der Waals surface area contributed by atoms with E-state index in [4.69, 9.17) is 11.5 Å². The summed E-state index contributed by atoms with van der Waals surface area (Å²) in [5.74, 6) is 0.447. The summed E-state index contributed by atoms with van der Waals surface area (Å²) in [6.07, 6.45) is 0. The smallest absolute Gasteiger partial charge is 0.269 e. The van der Waals surface area contributed by atoms with Gasteiger partial charge in [0.15, 0.2) is 5.16 Å². The standard InChI is InChI=1S/C11H11N5O3S/c12-8-2-1-7(16(18)19)3-6(8)5-20-11-14-9(13)4-10(17)15-11/h1-4H,5,12H2,(H3,13,14,15,17). The van der Waals surface area contributed by atoms with Crippen LogP contribution in [0.15, 0.2) is 34.2 Å². The molecule has 0 radical (unpaired) electrons. The predicted molar refractivity (Wildman–Crippen MR) is 76.3 cm³/mol. The van der Waals surface area contributed by atoms with Crippen LogP contribution in [0.4, 0.5) is 17.2 Å². The summed E-state index contributed by atoms with van der Waals surface area (Å²) in [5, 5.41) is 11.0. The van der Waals surface area contributed by atoms with Gasteiger partial charge >= 0.3 is 0 Å². The molecule has 0 fully saturated rings. The molecule has 9 heteroatoms. The number of benzene rings is 1. The Morgan fingerprint density at radius 2 is 2.10 bits per heavy atom. The molecule has 0 atom stereocenters. The molecule has 5 N–H and O–H groups in total. The SMILES string of the molecule is Nc1cc(=O)[nH]c(SCc2cc([N+](=O)[O-])ccc2N)n1. The first-order valence-electron chi connectivity index (χ1n) is 5.48. The average molecular weight is 293 g/mol. The number of anilines is 2. The monoisotopic (exact) mass is 293 g/mol. The van der Waals surface area contributed by atoms with Gasteiger partial charge in [-0.25, -0.2) is 4.98 Å². The van der Waals surface area contributed by atoms with Crippen molar-refractivity contribution in [1.82, 2.24) is 9.97 Å². The number of aromatic nitrogens is 2. The number of thioether (sulfide) groups is 1. The molecule has 1 aromatic carbocycles. The summed E-state index contributed by atoms with van der Waals surface area (Å²) in [5.41, 5.74) is 11.9. The maximum Gasteiger partial charge on any atom is 0.269 e. The zero-order chi connectivity index (χ0) is 14.7. The van der Waals surface area contributed by atoms with Gasteiger partial charge in [-0.2, -0.15) is 0 Å². The van der Waals surface area contributed by atoms with E-state index in [-0.39, 0.29) is 17.1 Å². The number of rotatable bonds is 4. The maximum atomic E-state index is 11.2. The number of nitrogens with one attached hydrogen (secondary N) is 1. The number of nitro groups is 1. The summed E-state index contributed by atoms with van der Waals surface area (Å²) in [6, 6.07) is 5.38. The van der Waals surface area contributed by atoms with Gasteiger partial charge in [0.2, 0.25) is 0 Å². The molecule has 2 rings (SSSR count). The highest BCUT2D eigenvalue weighted by atomic mass is 32.2. The lowest BCUT2D eigenvalue weighted by atomic mass is 10.2. The van der Waals surface area contributed by atoms with Crippen molar-refractivity contribution in [2.45, 2.75) is 10.9 Å². The first-order chi connectivity index (χ1) is 9.45. The highest BCUT2D eigenvalue weighted by molar-refractivity contribution is 7.98. The van der Waals surface area contributed by atoms with Crippen LogP contribution in [0.2, 0.25) is 0 Å². The number of hydrogen-bond acceptors (Lipinski definition) is 7. The summed E-state index contributed by atoms with van der Waals surface area (Å²) >= 11 is 1.19. The Hall–Kier alpha value is -2.55. The molecule has 0 aliphatic carbocycles. The van der Waals surface area contributed by atoms with Gasteiger partial charge in [0.05, 0.1) is 4.92 Å². The van der Waals surface area contributed by atoms with Crippen LogP contribution in [0.3, 0.4) is 0 Å². The maximum absolute atomic E-state index is 11.2. The minimum Gasteiger partial charge on any atom is -0.398 e. The molecule has 104 valence electrons. The molecule has 0 unspecified atom stereocenters. The van der Waals surface area contributed by atoms with Crippen LogP contribution in [0.25, 0.3) is 0 Å². The molecular weight excluding hydrogens is 282 g/mol. The average Bonchev–Trinajstić information content (AvgIpc) is 2.36. The molecule has 0 aliphatic rings. The van der Waals surface area contributed by atoms with Crippen molar-refractivity contribution in [1.29, 1.82) is 0 Å². The normalized spacial score (nSPS) is 10.4. The van der Waals surface area contributed by atoms with Gasteiger partial charge < -0.3 is 16.5 Å². The molecule has 0 spiro atoms. The molecule has 20 heavy (non-hydrogen) atoms. The Morgan fingerprint density at radius 1 is 1.35 bits per heavy atom. The van der Waals surface area contributed by atoms with Gasteiger partial charge in [-0.05, 0) is 11.6 Å². The van der Waals surface area contributed by atoms with E-state index in [2.05, 4.69) is 9.97 Å². The first-order valence-corrected chi connectivity index (χ1v) is 6.46. The fourth-order valence-electron chi connectivity index (χ4n) is 1.50. The zero-order valence-corrected chi connectivity index (χ0v) is 11.0. The van der Waals surface area contributed by atoms with E-state index in [9.17, 15) is 14.9 Å². The van der Waals surface area contributed by atoms with Crippen LogP contribution in [0, 0.1) is 10.1 Å². The number of nitro benzene ring substituents is 1. The quantitative estimate of drug-likeness (QED) is 0.252. The highest BCUT2D eigenvalue weighted by Gasteiger charge is 2.10. The van der Waals surface area contributed by atoms with E-state index >= 15 is 0 Å². The van der Waals surface area contributed by atoms with Crippen LogP contribution in [0.1, 0.15) is 5.56 Å². The van der Waals surface area contributed by atoms with E-state index < -0.39 is 4.92 Å². The van der Waals surface area contributed by atoms with Crippen LogP contribution in [-0.2, 0) is 5.75 Å². The summed E-state index contributed by atoms with van der Waals surface area (Å²) in [6.45, 7) is 0. The zero-order valence-electron chi connectivity index (χ0n) is 10.2. The fourth-order valence-corrected chi connectivity index (χ4v) is 2.38. The van der Waals surface area contributed by atoms with E-state index in [0.717, 1.165) is 0 Å². The topological polar surface area (TPSA) is 141 Å². The van der Waals surface area contributed by atoms with Gasteiger partial charge in [-0.3, -0.25) is 14.9 Å². The van der Waals surface area contributed by atoms with E-state index in [1.54, 1.807) is 0 Å². The second-order valence-corrected chi connectivity index (χ2v) is 4.87. The van der Waals surface area contributed by atoms with Crippen LogP contribution in [-0.4, -0.2) is 14.9 Å². The Kier molecular flexibility index (Phi) is 3.89. The van der Waals surface area contributed by atoms with E-state index in [1.165, 1.54) is 36.0 Å². The minimum absolute atomic E-state index is 0.0381. The Labute approximate surface area is 117 Å². The molecule has 0 bridgehead atoms. The summed E-state index contributed by atoms with van der Waals surface area (Å²) in [7, 11) is 0. The fraction of sp³-hybridized carbons (Fsp3) is 0.0909. The Morgan fingerprint density at radius 3 is 2.75 bits per heavy atom. The van der Waals surface area contributed by atoms with Gasteiger partial charge in [-0.15, -0.1) is 0 Å². The van der Waals surface area contributed by atoms with Crippen molar-refractivity contribution in [2.24, 2.45) is 0 Å². The lowest BCUT2D eigenvalue weighted by Gasteiger charge is -2.05. The molecule has 1 heterocycles.